The lowest BCUT2D eigenvalue weighted by Crippen LogP contribution is -2.43. The normalized spacial score (nSPS) is 20.0. The Morgan fingerprint density at radius 2 is 2.03 bits per heavy atom. The Kier molecular flexibility index (Phi) is 7.64. The Hall–Kier alpha value is -1.58. The van der Waals surface area contributed by atoms with Gasteiger partial charge < -0.3 is 19.1 Å². The van der Waals surface area contributed by atoms with E-state index in [9.17, 15) is 4.79 Å². The Morgan fingerprint density at radius 1 is 1.26 bits per heavy atom. The summed E-state index contributed by atoms with van der Waals surface area (Å²) in [5, 5.41) is 5.33. The van der Waals surface area contributed by atoms with Gasteiger partial charge in [0.15, 0.2) is 6.79 Å². The molecule has 1 amide bonds. The predicted molar refractivity (Wildman–Crippen MR) is 137 cm³/mol. The summed E-state index contributed by atoms with van der Waals surface area (Å²) in [4.78, 5) is 14.7. The number of hydrogen-bond donors (Lipinski definition) is 0. The maximum atomic E-state index is 13.0. The third kappa shape index (κ3) is 5.97. The lowest BCUT2D eigenvalue weighted by atomic mass is 9.89. The molecule has 2 aliphatic heterocycles. The summed E-state index contributed by atoms with van der Waals surface area (Å²) in [7, 11) is -1.17. The highest BCUT2D eigenvalue weighted by molar-refractivity contribution is 6.76. The number of hydrogen-bond acceptors (Lipinski definition) is 5. The molecule has 1 aromatic heterocycles. The molecule has 4 rings (SSSR count). The zero-order chi connectivity index (χ0) is 24.5. The molecule has 2 saturated heterocycles. The maximum Gasteiger partial charge on any atom is 0.227 e. The molecule has 0 aliphatic carbocycles. The van der Waals surface area contributed by atoms with E-state index in [1.807, 2.05) is 10.9 Å². The highest BCUT2D eigenvalue weighted by Gasteiger charge is 2.37. The monoisotopic (exact) mass is 525 g/mol. The van der Waals surface area contributed by atoms with E-state index in [0.29, 0.717) is 35.4 Å². The van der Waals surface area contributed by atoms with Gasteiger partial charge in [0, 0.05) is 50.7 Å². The lowest BCUT2D eigenvalue weighted by Gasteiger charge is -2.37. The molecule has 34 heavy (non-hydrogen) atoms. The van der Waals surface area contributed by atoms with Gasteiger partial charge in [-0.25, -0.2) is 0 Å². The minimum absolute atomic E-state index is 0.0242. The standard InChI is InChI=1S/C24H33Cl2N3O4Si/c1-24(14-32-15-24)13-28-12-18(10-27-28)29-11-17(9-21(29)30)22-20(6-5-19(25)23(22)26)33-16-31-7-8-34(2,3)4/h5-6,10,12,17H,7-9,11,13-16H2,1-4H3/t17-/m1/s1. The minimum atomic E-state index is -1.17. The van der Waals surface area contributed by atoms with Crippen LogP contribution in [0.25, 0.3) is 0 Å². The molecule has 1 aromatic carbocycles. The number of aromatic nitrogens is 2. The zero-order valence-corrected chi connectivity index (χ0v) is 22.8. The molecule has 186 valence electrons. The van der Waals surface area contributed by atoms with E-state index in [2.05, 4.69) is 31.7 Å². The van der Waals surface area contributed by atoms with Gasteiger partial charge in [-0.1, -0.05) is 49.8 Å². The number of anilines is 1. The fourth-order valence-corrected chi connectivity index (χ4v) is 5.49. The zero-order valence-electron chi connectivity index (χ0n) is 20.3. The number of amides is 1. The quantitative estimate of drug-likeness (QED) is 0.234. The van der Waals surface area contributed by atoms with Gasteiger partial charge in [-0.3, -0.25) is 9.48 Å². The lowest BCUT2D eigenvalue weighted by molar-refractivity contribution is -0.117. The fourth-order valence-electron chi connectivity index (χ4n) is 4.26. The van der Waals surface area contributed by atoms with E-state index < -0.39 is 8.07 Å². The van der Waals surface area contributed by atoms with Crippen LogP contribution in [0.2, 0.25) is 35.7 Å². The number of halogens is 2. The second-order valence-electron chi connectivity index (χ2n) is 10.9. The summed E-state index contributed by atoms with van der Waals surface area (Å²) in [6, 6.07) is 4.59. The van der Waals surface area contributed by atoms with Gasteiger partial charge in [0.2, 0.25) is 5.91 Å². The molecule has 2 aliphatic rings. The minimum Gasteiger partial charge on any atom is -0.467 e. The molecule has 0 saturated carbocycles. The SMILES string of the molecule is CC1(Cn2cc(N3C[C@H](c4c(OCOCC[Si](C)(C)C)ccc(Cl)c4Cl)CC3=O)cn2)COC1. The Morgan fingerprint density at radius 3 is 2.71 bits per heavy atom. The van der Waals surface area contributed by atoms with Crippen LogP contribution in [-0.4, -0.2) is 56.9 Å². The first-order chi connectivity index (χ1) is 16.0. The number of nitrogens with zero attached hydrogens (tertiary/aromatic N) is 3. The summed E-state index contributed by atoms with van der Waals surface area (Å²) in [6.07, 6.45) is 3.99. The summed E-state index contributed by atoms with van der Waals surface area (Å²) in [5.74, 6) is 0.489. The first-order valence-corrected chi connectivity index (χ1v) is 16.1. The fraction of sp³-hybridized carbons (Fsp3) is 0.583. The van der Waals surface area contributed by atoms with Crippen LogP contribution in [0.5, 0.6) is 5.75 Å². The molecule has 0 radical (unpaired) electrons. The van der Waals surface area contributed by atoms with Crippen LogP contribution >= 0.6 is 23.2 Å². The number of rotatable bonds is 10. The van der Waals surface area contributed by atoms with E-state index in [4.69, 9.17) is 37.4 Å². The van der Waals surface area contributed by atoms with Crippen LogP contribution in [0.3, 0.4) is 0 Å². The number of ether oxygens (including phenoxy) is 3. The Balaban J connectivity index is 1.44. The van der Waals surface area contributed by atoms with Crippen molar-refractivity contribution >= 4 is 42.9 Å². The molecule has 0 bridgehead atoms. The van der Waals surface area contributed by atoms with E-state index in [0.717, 1.165) is 37.1 Å². The van der Waals surface area contributed by atoms with Gasteiger partial charge in [-0.05, 0) is 18.2 Å². The van der Waals surface area contributed by atoms with Crippen LogP contribution in [0, 0.1) is 5.41 Å². The van der Waals surface area contributed by atoms with Crippen molar-refractivity contribution in [2.45, 2.75) is 51.5 Å². The molecule has 7 nitrogen and oxygen atoms in total. The summed E-state index contributed by atoms with van der Waals surface area (Å²) in [5.41, 5.74) is 1.63. The summed E-state index contributed by atoms with van der Waals surface area (Å²) < 4.78 is 18.9. The average Bonchev–Trinajstić information content (AvgIpc) is 3.34. The second kappa shape index (κ2) is 10.2. The van der Waals surface area contributed by atoms with Crippen molar-refractivity contribution in [3.05, 3.63) is 40.1 Å². The number of carbonyl (C=O) groups excluding carboxylic acids is 1. The molecule has 0 unspecified atom stereocenters. The molecule has 3 heterocycles. The van der Waals surface area contributed by atoms with E-state index in [1.165, 1.54) is 0 Å². The third-order valence-corrected chi connectivity index (χ3v) is 8.82. The van der Waals surface area contributed by atoms with Gasteiger partial charge in [0.05, 0.1) is 41.7 Å². The molecule has 0 spiro atoms. The molecule has 2 fully saturated rings. The Labute approximate surface area is 212 Å². The van der Waals surface area contributed by atoms with Gasteiger partial charge >= 0.3 is 0 Å². The van der Waals surface area contributed by atoms with Crippen LogP contribution in [0.15, 0.2) is 24.5 Å². The van der Waals surface area contributed by atoms with Gasteiger partial charge in [-0.15, -0.1) is 0 Å². The predicted octanol–water partition coefficient (Wildman–Crippen LogP) is 5.44. The van der Waals surface area contributed by atoms with Crippen molar-refractivity contribution in [1.29, 1.82) is 0 Å². The van der Waals surface area contributed by atoms with Crippen molar-refractivity contribution in [2.75, 3.05) is 38.1 Å². The maximum absolute atomic E-state index is 13.0. The summed E-state index contributed by atoms with van der Waals surface area (Å²) >= 11 is 12.9. The molecule has 0 N–H and O–H groups in total. The van der Waals surface area contributed by atoms with Crippen molar-refractivity contribution in [1.82, 2.24) is 9.78 Å². The highest BCUT2D eigenvalue weighted by atomic mass is 35.5. The molecular formula is C24H33Cl2N3O4Si. The smallest absolute Gasteiger partial charge is 0.227 e. The topological polar surface area (TPSA) is 65.8 Å². The number of benzene rings is 1. The van der Waals surface area contributed by atoms with Crippen molar-refractivity contribution in [3.63, 3.8) is 0 Å². The van der Waals surface area contributed by atoms with Crippen molar-refractivity contribution < 1.29 is 19.0 Å². The van der Waals surface area contributed by atoms with Crippen molar-refractivity contribution in [3.8, 4) is 5.75 Å². The first-order valence-electron chi connectivity index (χ1n) is 11.6. The third-order valence-electron chi connectivity index (χ3n) is 6.30. The first kappa shape index (κ1) is 25.5. The Bertz CT molecular complexity index is 1040. The summed E-state index contributed by atoms with van der Waals surface area (Å²) in [6.45, 7) is 12.6. The highest BCUT2D eigenvalue weighted by Crippen LogP contribution is 2.43. The van der Waals surface area contributed by atoms with Gasteiger partial charge in [0.1, 0.15) is 5.75 Å². The van der Waals surface area contributed by atoms with Crippen LogP contribution in [0.4, 0.5) is 5.69 Å². The molecule has 2 aromatic rings. The van der Waals surface area contributed by atoms with Crippen molar-refractivity contribution in [2.24, 2.45) is 5.41 Å². The largest absolute Gasteiger partial charge is 0.467 e. The van der Waals surface area contributed by atoms with Crippen LogP contribution in [-0.2, 0) is 20.8 Å². The van der Waals surface area contributed by atoms with E-state index >= 15 is 0 Å². The molecular weight excluding hydrogens is 493 g/mol. The average molecular weight is 527 g/mol. The van der Waals surface area contributed by atoms with Gasteiger partial charge in [-0.2, -0.15) is 5.10 Å². The number of carbonyl (C=O) groups is 1. The molecule has 10 heteroatoms. The van der Waals surface area contributed by atoms with Crippen LogP contribution in [0.1, 0.15) is 24.8 Å². The molecule has 1 atom stereocenters. The van der Waals surface area contributed by atoms with E-state index in [-0.39, 0.29) is 24.0 Å². The van der Waals surface area contributed by atoms with Gasteiger partial charge in [0.25, 0.3) is 0 Å². The van der Waals surface area contributed by atoms with E-state index in [1.54, 1.807) is 23.2 Å². The second-order valence-corrected chi connectivity index (χ2v) is 17.3. The van der Waals surface area contributed by atoms with Crippen LogP contribution < -0.4 is 9.64 Å².